The van der Waals surface area contributed by atoms with Gasteiger partial charge in [0.1, 0.15) is 0 Å². The predicted molar refractivity (Wildman–Crippen MR) is 102 cm³/mol. The second-order valence-electron chi connectivity index (χ2n) is 5.68. The number of amides is 1. The Hall–Kier alpha value is -2.87. The molecule has 1 aromatic carbocycles. The number of nitrogens with one attached hydrogen (secondary N) is 2. The standard InChI is InChI=1S/C18H19N5O2S/c1-12-15(17(25)22-18(20-12)26-2)8-9-16(24)21-13-4-6-14(7-5-13)23-11-3-10-19-23/h3-7,10-11H,8-9H2,1-2H3,(H,21,24)(H,20,22,25). The van der Waals surface area contributed by atoms with Gasteiger partial charge < -0.3 is 10.3 Å². The van der Waals surface area contributed by atoms with Gasteiger partial charge in [-0.3, -0.25) is 9.59 Å². The molecule has 3 rings (SSSR count). The van der Waals surface area contributed by atoms with Gasteiger partial charge in [0.25, 0.3) is 5.56 Å². The highest BCUT2D eigenvalue weighted by molar-refractivity contribution is 7.98. The Morgan fingerprint density at radius 2 is 2.08 bits per heavy atom. The van der Waals surface area contributed by atoms with E-state index in [2.05, 4.69) is 20.4 Å². The van der Waals surface area contributed by atoms with Crippen molar-refractivity contribution in [2.75, 3.05) is 11.6 Å². The van der Waals surface area contributed by atoms with Gasteiger partial charge in [-0.2, -0.15) is 5.10 Å². The van der Waals surface area contributed by atoms with Crippen LogP contribution in [0, 0.1) is 6.92 Å². The van der Waals surface area contributed by atoms with Gasteiger partial charge in [0.05, 0.1) is 5.69 Å². The Labute approximate surface area is 154 Å². The molecule has 0 atom stereocenters. The number of benzene rings is 1. The first-order valence-corrected chi connectivity index (χ1v) is 9.33. The molecule has 0 unspecified atom stereocenters. The molecule has 0 aliphatic rings. The molecule has 0 saturated heterocycles. The summed E-state index contributed by atoms with van der Waals surface area (Å²) in [5.74, 6) is -0.149. The van der Waals surface area contributed by atoms with Gasteiger partial charge in [0.15, 0.2) is 5.16 Å². The minimum absolute atomic E-state index is 0.149. The molecule has 134 valence electrons. The first-order chi connectivity index (χ1) is 12.6. The van der Waals surface area contributed by atoms with E-state index in [0.717, 1.165) is 5.69 Å². The van der Waals surface area contributed by atoms with Gasteiger partial charge in [-0.25, -0.2) is 9.67 Å². The predicted octanol–water partition coefficient (Wildman–Crippen LogP) is 2.56. The molecular weight excluding hydrogens is 350 g/mol. The van der Waals surface area contributed by atoms with E-state index in [9.17, 15) is 9.59 Å². The van der Waals surface area contributed by atoms with Crippen LogP contribution < -0.4 is 10.9 Å². The lowest BCUT2D eigenvalue weighted by atomic mass is 10.1. The molecule has 0 aliphatic heterocycles. The first-order valence-electron chi connectivity index (χ1n) is 8.10. The number of nitrogens with zero attached hydrogens (tertiary/aromatic N) is 3. The van der Waals surface area contributed by atoms with Crippen LogP contribution in [-0.2, 0) is 11.2 Å². The number of anilines is 1. The van der Waals surface area contributed by atoms with E-state index in [4.69, 9.17) is 0 Å². The number of carbonyl (C=O) groups excluding carboxylic acids is 1. The minimum atomic E-state index is -0.182. The van der Waals surface area contributed by atoms with Gasteiger partial charge in [-0.15, -0.1) is 0 Å². The molecule has 3 aromatic rings. The maximum absolute atomic E-state index is 12.2. The lowest BCUT2D eigenvalue weighted by Gasteiger charge is -2.08. The van der Waals surface area contributed by atoms with Crippen molar-refractivity contribution < 1.29 is 4.79 Å². The molecule has 2 N–H and O–H groups in total. The van der Waals surface area contributed by atoms with Gasteiger partial charge in [0, 0.05) is 35.8 Å². The highest BCUT2D eigenvalue weighted by Gasteiger charge is 2.11. The van der Waals surface area contributed by atoms with Crippen molar-refractivity contribution in [1.82, 2.24) is 19.7 Å². The molecule has 0 bridgehead atoms. The smallest absolute Gasteiger partial charge is 0.254 e. The number of H-pyrrole nitrogens is 1. The van der Waals surface area contributed by atoms with Crippen molar-refractivity contribution in [2.24, 2.45) is 0 Å². The van der Waals surface area contributed by atoms with Crippen molar-refractivity contribution >= 4 is 23.4 Å². The number of thioether (sulfide) groups is 1. The SMILES string of the molecule is CSc1nc(C)c(CCC(=O)Nc2ccc(-n3cccn3)cc2)c(=O)[nH]1. The van der Waals surface area contributed by atoms with E-state index in [-0.39, 0.29) is 17.9 Å². The molecule has 2 heterocycles. The molecule has 8 heteroatoms. The summed E-state index contributed by atoms with van der Waals surface area (Å²) < 4.78 is 1.74. The third-order valence-corrected chi connectivity index (χ3v) is 4.50. The van der Waals surface area contributed by atoms with Crippen molar-refractivity contribution in [3.8, 4) is 5.69 Å². The molecule has 0 aliphatic carbocycles. The van der Waals surface area contributed by atoms with Gasteiger partial charge >= 0.3 is 0 Å². The van der Waals surface area contributed by atoms with Crippen LogP contribution in [0.4, 0.5) is 5.69 Å². The Morgan fingerprint density at radius 1 is 1.31 bits per heavy atom. The molecule has 0 fully saturated rings. The molecule has 0 saturated carbocycles. The van der Waals surface area contributed by atoms with Crippen LogP contribution in [0.25, 0.3) is 5.69 Å². The Balaban J connectivity index is 1.60. The highest BCUT2D eigenvalue weighted by Crippen LogP contribution is 2.14. The Kier molecular flexibility index (Phi) is 5.52. The first kappa shape index (κ1) is 17.9. The average Bonchev–Trinajstić information content (AvgIpc) is 3.16. The molecular formula is C18H19N5O2S. The van der Waals surface area contributed by atoms with Crippen molar-refractivity contribution in [3.63, 3.8) is 0 Å². The third kappa shape index (κ3) is 4.20. The van der Waals surface area contributed by atoms with Crippen LogP contribution in [0.5, 0.6) is 0 Å². The fourth-order valence-corrected chi connectivity index (χ4v) is 2.98. The minimum Gasteiger partial charge on any atom is -0.326 e. The van der Waals surface area contributed by atoms with Crippen molar-refractivity contribution in [1.29, 1.82) is 0 Å². The van der Waals surface area contributed by atoms with Crippen LogP contribution in [0.15, 0.2) is 52.7 Å². The Morgan fingerprint density at radius 3 is 2.69 bits per heavy atom. The molecule has 0 radical (unpaired) electrons. The van der Waals surface area contributed by atoms with E-state index in [0.29, 0.717) is 28.5 Å². The van der Waals surface area contributed by atoms with Crippen LogP contribution in [-0.4, -0.2) is 31.9 Å². The van der Waals surface area contributed by atoms with Crippen LogP contribution in [0.1, 0.15) is 17.7 Å². The fraction of sp³-hybridized carbons (Fsp3) is 0.222. The maximum atomic E-state index is 12.2. The van der Waals surface area contributed by atoms with Crippen molar-refractivity contribution in [3.05, 3.63) is 64.3 Å². The van der Waals surface area contributed by atoms with Crippen molar-refractivity contribution in [2.45, 2.75) is 24.9 Å². The number of aromatic nitrogens is 4. The summed E-state index contributed by atoms with van der Waals surface area (Å²) in [5, 5.41) is 7.58. The second-order valence-corrected chi connectivity index (χ2v) is 6.48. The number of aromatic amines is 1. The summed E-state index contributed by atoms with van der Waals surface area (Å²) in [6, 6.07) is 9.24. The normalized spacial score (nSPS) is 10.7. The summed E-state index contributed by atoms with van der Waals surface area (Å²) in [7, 11) is 0. The third-order valence-electron chi connectivity index (χ3n) is 3.92. The van der Waals surface area contributed by atoms with E-state index >= 15 is 0 Å². The summed E-state index contributed by atoms with van der Waals surface area (Å²) in [6.45, 7) is 1.79. The summed E-state index contributed by atoms with van der Waals surface area (Å²) in [6.07, 6.45) is 5.97. The molecule has 26 heavy (non-hydrogen) atoms. The lowest BCUT2D eigenvalue weighted by Crippen LogP contribution is -2.20. The number of rotatable bonds is 6. The Bertz CT molecular complexity index is 949. The topological polar surface area (TPSA) is 92.7 Å². The lowest BCUT2D eigenvalue weighted by molar-refractivity contribution is -0.116. The van der Waals surface area contributed by atoms with E-state index < -0.39 is 0 Å². The van der Waals surface area contributed by atoms with Crippen LogP contribution >= 0.6 is 11.8 Å². The quantitative estimate of drug-likeness (QED) is 0.515. The maximum Gasteiger partial charge on any atom is 0.254 e. The monoisotopic (exact) mass is 369 g/mol. The molecule has 0 spiro atoms. The zero-order chi connectivity index (χ0) is 18.5. The number of carbonyl (C=O) groups is 1. The highest BCUT2D eigenvalue weighted by atomic mass is 32.2. The average molecular weight is 369 g/mol. The zero-order valence-corrected chi connectivity index (χ0v) is 15.3. The van der Waals surface area contributed by atoms with E-state index in [1.165, 1.54) is 11.8 Å². The number of hydrogen-bond donors (Lipinski definition) is 2. The van der Waals surface area contributed by atoms with Crippen LogP contribution in [0.3, 0.4) is 0 Å². The number of aryl methyl sites for hydroxylation is 1. The van der Waals surface area contributed by atoms with E-state index in [1.807, 2.05) is 42.8 Å². The van der Waals surface area contributed by atoms with E-state index in [1.54, 1.807) is 17.8 Å². The van der Waals surface area contributed by atoms with Crippen LogP contribution in [0.2, 0.25) is 0 Å². The number of hydrogen-bond acceptors (Lipinski definition) is 5. The second kappa shape index (κ2) is 8.01. The van der Waals surface area contributed by atoms with Gasteiger partial charge in [-0.05, 0) is 49.9 Å². The largest absolute Gasteiger partial charge is 0.326 e. The summed E-state index contributed by atoms with van der Waals surface area (Å²) in [5.41, 5.74) is 2.64. The summed E-state index contributed by atoms with van der Waals surface area (Å²) >= 11 is 1.38. The summed E-state index contributed by atoms with van der Waals surface area (Å²) in [4.78, 5) is 31.3. The van der Waals surface area contributed by atoms with Gasteiger partial charge in [0.2, 0.25) is 5.91 Å². The molecule has 2 aromatic heterocycles. The fourth-order valence-electron chi connectivity index (χ4n) is 2.56. The molecule has 1 amide bonds. The van der Waals surface area contributed by atoms with Gasteiger partial charge in [-0.1, -0.05) is 11.8 Å². The molecule has 7 nitrogen and oxygen atoms in total. The zero-order valence-electron chi connectivity index (χ0n) is 14.5.